The number of carbonyl (C=O) groups excluding carboxylic acids is 1. The van der Waals surface area contributed by atoms with Crippen LogP contribution in [0.4, 0.5) is 20.2 Å². The monoisotopic (exact) mass is 460 g/mol. The topological polar surface area (TPSA) is 89.3 Å². The molecule has 0 unspecified atom stereocenters. The number of aromatic nitrogens is 1. The molecule has 0 saturated heterocycles. The maximum absolute atomic E-state index is 13.6. The fourth-order valence-corrected chi connectivity index (χ4v) is 2.86. The molecule has 1 heterocycles. The van der Waals surface area contributed by atoms with Crippen molar-refractivity contribution in [3.8, 4) is 11.5 Å². The summed E-state index contributed by atoms with van der Waals surface area (Å²) in [7, 11) is 1.52. The first-order valence-electron chi connectivity index (χ1n) is 9.41. The molecule has 4 N–H and O–H groups in total. The van der Waals surface area contributed by atoms with Gasteiger partial charge in [-0.1, -0.05) is 18.2 Å². The van der Waals surface area contributed by atoms with E-state index in [1.165, 1.54) is 37.6 Å². The third-order valence-electron chi connectivity index (χ3n) is 4.01. The standard InChI is InChI=1S/C21H18ClF2N3O2.C2H5N/c1-21(23,24)17-11-14(5-8-18(17)22)27-13-3-6-15(7-4-13)29-16-9-10-26-19(12-16)20(28)25-2;1-2-3/h3-12,27H,1-2H3,(H,25,28);2H,1,3H2. The molecule has 0 saturated carbocycles. The molecular formula is C23H23ClF2N4O2. The molecule has 0 spiro atoms. The molecule has 0 bridgehead atoms. The zero-order chi connectivity index (χ0) is 23.7. The van der Waals surface area contributed by atoms with Gasteiger partial charge in [0.05, 0.1) is 0 Å². The summed E-state index contributed by atoms with van der Waals surface area (Å²) in [6, 6.07) is 14.5. The summed E-state index contributed by atoms with van der Waals surface area (Å²) in [6.07, 6.45) is 2.73. The summed E-state index contributed by atoms with van der Waals surface area (Å²) in [5, 5.41) is 5.57. The van der Waals surface area contributed by atoms with Gasteiger partial charge >= 0.3 is 0 Å². The first-order chi connectivity index (χ1) is 15.2. The summed E-state index contributed by atoms with van der Waals surface area (Å²) in [5.41, 5.74) is 5.79. The number of hydrogen-bond acceptors (Lipinski definition) is 5. The number of anilines is 2. The number of ether oxygens (including phenoxy) is 1. The van der Waals surface area contributed by atoms with E-state index < -0.39 is 5.92 Å². The number of amides is 1. The largest absolute Gasteiger partial charge is 0.457 e. The molecule has 3 rings (SSSR count). The molecule has 0 aliphatic rings. The number of nitrogens with two attached hydrogens (primary N) is 1. The lowest BCUT2D eigenvalue weighted by molar-refractivity contribution is 0.0176. The van der Waals surface area contributed by atoms with Crippen molar-refractivity contribution in [2.45, 2.75) is 12.8 Å². The molecule has 1 aromatic heterocycles. The zero-order valence-electron chi connectivity index (χ0n) is 17.5. The Morgan fingerprint density at radius 1 is 1.12 bits per heavy atom. The third kappa shape index (κ3) is 6.95. The Morgan fingerprint density at radius 3 is 2.34 bits per heavy atom. The summed E-state index contributed by atoms with van der Waals surface area (Å²) in [5.74, 6) is -2.34. The quantitative estimate of drug-likeness (QED) is 0.430. The van der Waals surface area contributed by atoms with Gasteiger partial charge in [-0.05, 0) is 54.7 Å². The van der Waals surface area contributed by atoms with Gasteiger partial charge in [0.25, 0.3) is 11.8 Å². The highest BCUT2D eigenvalue weighted by molar-refractivity contribution is 6.31. The van der Waals surface area contributed by atoms with Gasteiger partial charge in [0.1, 0.15) is 17.2 Å². The fourth-order valence-electron chi connectivity index (χ4n) is 2.58. The minimum atomic E-state index is -3.04. The predicted octanol–water partition coefficient (Wildman–Crippen LogP) is 5.83. The van der Waals surface area contributed by atoms with Crippen LogP contribution in [-0.4, -0.2) is 17.9 Å². The number of alkyl halides is 2. The molecule has 0 atom stereocenters. The van der Waals surface area contributed by atoms with Crippen molar-refractivity contribution in [3.63, 3.8) is 0 Å². The van der Waals surface area contributed by atoms with Crippen molar-refractivity contribution in [1.82, 2.24) is 10.3 Å². The molecule has 1 amide bonds. The molecule has 0 aliphatic carbocycles. The maximum Gasteiger partial charge on any atom is 0.272 e. The average molecular weight is 461 g/mol. The molecule has 32 heavy (non-hydrogen) atoms. The minimum Gasteiger partial charge on any atom is -0.457 e. The van der Waals surface area contributed by atoms with Crippen LogP contribution >= 0.6 is 11.6 Å². The number of halogens is 3. The van der Waals surface area contributed by atoms with Gasteiger partial charge in [-0.3, -0.25) is 9.78 Å². The van der Waals surface area contributed by atoms with Crippen molar-refractivity contribution in [1.29, 1.82) is 0 Å². The second-order valence-corrected chi connectivity index (χ2v) is 6.93. The summed E-state index contributed by atoms with van der Waals surface area (Å²) < 4.78 is 33.0. The average Bonchev–Trinajstić information content (AvgIpc) is 2.76. The van der Waals surface area contributed by atoms with E-state index >= 15 is 0 Å². The maximum atomic E-state index is 13.6. The lowest BCUT2D eigenvalue weighted by Crippen LogP contribution is -2.18. The van der Waals surface area contributed by atoms with E-state index in [0.717, 1.165) is 6.92 Å². The molecule has 2 aromatic carbocycles. The van der Waals surface area contributed by atoms with E-state index in [4.69, 9.17) is 16.3 Å². The van der Waals surface area contributed by atoms with Crippen LogP contribution in [0.5, 0.6) is 11.5 Å². The lowest BCUT2D eigenvalue weighted by Gasteiger charge is -2.15. The Hall–Kier alpha value is -3.65. The number of hydrogen-bond donors (Lipinski definition) is 3. The van der Waals surface area contributed by atoms with Gasteiger partial charge in [-0.2, -0.15) is 0 Å². The van der Waals surface area contributed by atoms with Crippen molar-refractivity contribution in [2.24, 2.45) is 5.73 Å². The molecule has 0 radical (unpaired) electrons. The lowest BCUT2D eigenvalue weighted by atomic mass is 10.1. The van der Waals surface area contributed by atoms with E-state index in [1.54, 1.807) is 36.4 Å². The Kier molecular flexibility index (Phi) is 8.54. The Morgan fingerprint density at radius 2 is 1.75 bits per heavy atom. The van der Waals surface area contributed by atoms with Crippen LogP contribution in [0.25, 0.3) is 0 Å². The number of rotatable bonds is 6. The highest BCUT2D eigenvalue weighted by Crippen LogP contribution is 2.35. The normalized spacial score (nSPS) is 10.4. The molecule has 3 aromatic rings. The summed E-state index contributed by atoms with van der Waals surface area (Å²) in [6.45, 7) is 3.94. The third-order valence-corrected chi connectivity index (χ3v) is 4.34. The first kappa shape index (κ1) is 24.6. The Balaban J connectivity index is 0.00000114. The van der Waals surface area contributed by atoms with Crippen LogP contribution in [0, 0.1) is 0 Å². The van der Waals surface area contributed by atoms with Crippen LogP contribution in [-0.2, 0) is 5.92 Å². The smallest absolute Gasteiger partial charge is 0.272 e. The van der Waals surface area contributed by atoms with Crippen LogP contribution < -0.4 is 21.1 Å². The molecule has 0 fully saturated rings. The van der Waals surface area contributed by atoms with E-state index in [9.17, 15) is 13.6 Å². The number of pyridine rings is 1. The number of nitrogens with zero attached hydrogens (tertiary/aromatic N) is 1. The van der Waals surface area contributed by atoms with Crippen molar-refractivity contribution < 1.29 is 18.3 Å². The van der Waals surface area contributed by atoms with E-state index in [1.807, 2.05) is 0 Å². The summed E-state index contributed by atoms with van der Waals surface area (Å²) in [4.78, 5) is 15.6. The van der Waals surface area contributed by atoms with Gasteiger partial charge in [-0.25, -0.2) is 8.78 Å². The van der Waals surface area contributed by atoms with Crippen molar-refractivity contribution in [3.05, 3.63) is 89.9 Å². The second-order valence-electron chi connectivity index (χ2n) is 6.53. The van der Waals surface area contributed by atoms with E-state index in [-0.39, 0.29) is 22.2 Å². The molecular weight excluding hydrogens is 438 g/mol. The van der Waals surface area contributed by atoms with E-state index in [0.29, 0.717) is 22.9 Å². The Labute approximate surface area is 190 Å². The molecule has 168 valence electrons. The first-order valence-corrected chi connectivity index (χ1v) is 9.79. The number of benzene rings is 2. The highest BCUT2D eigenvalue weighted by Gasteiger charge is 2.27. The number of nitrogens with one attached hydrogen (secondary N) is 2. The van der Waals surface area contributed by atoms with Crippen LogP contribution in [0.1, 0.15) is 23.0 Å². The predicted molar refractivity (Wildman–Crippen MR) is 123 cm³/mol. The second kappa shape index (κ2) is 11.1. The van der Waals surface area contributed by atoms with Crippen LogP contribution in [0.3, 0.4) is 0 Å². The Bertz CT molecular complexity index is 1070. The van der Waals surface area contributed by atoms with Gasteiger partial charge in [-0.15, -0.1) is 0 Å². The molecule has 0 aliphatic heterocycles. The fraction of sp³-hybridized carbons (Fsp3) is 0.130. The highest BCUT2D eigenvalue weighted by atomic mass is 35.5. The zero-order valence-corrected chi connectivity index (χ0v) is 18.3. The van der Waals surface area contributed by atoms with Gasteiger partial charge in [0.15, 0.2) is 0 Å². The van der Waals surface area contributed by atoms with Gasteiger partial charge < -0.3 is 21.1 Å². The summed E-state index contributed by atoms with van der Waals surface area (Å²) >= 11 is 5.87. The minimum absolute atomic E-state index is 0.0141. The van der Waals surface area contributed by atoms with Gasteiger partial charge in [0.2, 0.25) is 0 Å². The SMILES string of the molecule is C=CN.CNC(=O)c1cc(Oc2ccc(Nc3ccc(Cl)c(C(C)(F)F)c3)cc2)ccn1. The molecule has 6 nitrogen and oxygen atoms in total. The van der Waals surface area contributed by atoms with Crippen LogP contribution in [0.15, 0.2) is 73.6 Å². The van der Waals surface area contributed by atoms with E-state index in [2.05, 4.69) is 27.9 Å². The van der Waals surface area contributed by atoms with Crippen LogP contribution in [0.2, 0.25) is 5.02 Å². The molecule has 9 heteroatoms. The van der Waals surface area contributed by atoms with Crippen molar-refractivity contribution >= 4 is 28.9 Å². The van der Waals surface area contributed by atoms with Crippen molar-refractivity contribution in [2.75, 3.05) is 12.4 Å². The number of carbonyl (C=O) groups is 1. The van der Waals surface area contributed by atoms with Gasteiger partial charge in [0, 0.05) is 48.2 Å².